The first-order chi connectivity index (χ1) is 41.7. The summed E-state index contributed by atoms with van der Waals surface area (Å²) in [7, 11) is 2.63. The first-order valence-electron chi connectivity index (χ1n) is 29.6. The SMILES string of the molecule is COc1cc(C(=O)NC2CCN(CCOCCOCCOCCOCCOCC(=O)N[C@H](C(=O)N3C[C@H](O)C[C@H]3C(=O)NCc3ccc(-c4scnc4C)cc3)C(C)(C)C)CC2)c(F)cc1Nc1ncc2c(n1)N(C1CCCC1)CC(F)(F)C(=O)N2C. The number of rotatable bonds is 29. The average Bonchev–Trinajstić information content (AvgIpc) is 3.05. The lowest BCUT2D eigenvalue weighted by molar-refractivity contribution is -0.144. The second-order valence-corrected chi connectivity index (χ2v) is 24.1. The molecule has 0 spiro atoms. The Morgan fingerprint density at radius 3 is 2.15 bits per heavy atom. The van der Waals surface area contributed by atoms with Gasteiger partial charge >= 0.3 is 5.92 Å². The largest absolute Gasteiger partial charge is 0.495 e. The number of piperidine rings is 1. The van der Waals surface area contributed by atoms with Gasteiger partial charge < -0.3 is 74.4 Å². The summed E-state index contributed by atoms with van der Waals surface area (Å²) in [4.78, 5) is 86.6. The van der Waals surface area contributed by atoms with Crippen LogP contribution in [0.4, 0.5) is 36.3 Å². The predicted molar refractivity (Wildman–Crippen MR) is 319 cm³/mol. The van der Waals surface area contributed by atoms with Crippen molar-refractivity contribution in [1.29, 1.82) is 0 Å². The molecule has 0 radical (unpaired) electrons. The van der Waals surface area contributed by atoms with Gasteiger partial charge in [-0.2, -0.15) is 13.8 Å². The number of methoxy groups -OCH3 is 1. The van der Waals surface area contributed by atoms with Gasteiger partial charge in [-0.3, -0.25) is 24.0 Å². The summed E-state index contributed by atoms with van der Waals surface area (Å²) in [6, 6.07) is 7.90. The van der Waals surface area contributed by atoms with Gasteiger partial charge in [0, 0.05) is 64.3 Å². The highest BCUT2D eigenvalue weighted by atomic mass is 32.1. The molecule has 3 atom stereocenters. The fourth-order valence-corrected chi connectivity index (χ4v) is 11.8. The zero-order valence-corrected chi connectivity index (χ0v) is 51.2. The molecule has 4 aliphatic rings. The number of thiazole rings is 1. The molecule has 0 bridgehead atoms. The van der Waals surface area contributed by atoms with Crippen LogP contribution in [0.15, 0.2) is 48.1 Å². The number of hydrogen-bond donors (Lipinski definition) is 5. The maximum Gasteiger partial charge on any atom is 0.342 e. The number of amides is 5. The van der Waals surface area contributed by atoms with Gasteiger partial charge in [0.1, 0.15) is 35.9 Å². The molecule has 5 N–H and O–H groups in total. The maximum absolute atomic E-state index is 15.7. The summed E-state index contributed by atoms with van der Waals surface area (Å²) in [5, 5.41) is 22.1. The molecule has 87 heavy (non-hydrogen) atoms. The van der Waals surface area contributed by atoms with Crippen molar-refractivity contribution in [2.45, 2.75) is 115 Å². The molecular weight excluding hydrogens is 1160 g/mol. The summed E-state index contributed by atoms with van der Waals surface area (Å²) in [6.45, 7) is 11.6. The maximum atomic E-state index is 15.7. The Kier molecular flexibility index (Phi) is 23.7. The van der Waals surface area contributed by atoms with E-state index in [0.717, 1.165) is 45.5 Å². The zero-order chi connectivity index (χ0) is 62.3. The normalized spacial score (nSPS) is 18.8. The lowest BCUT2D eigenvalue weighted by Gasteiger charge is -2.35. The molecule has 2 aromatic heterocycles. The van der Waals surface area contributed by atoms with Crippen LogP contribution in [0.5, 0.6) is 5.75 Å². The number of carbonyl (C=O) groups excluding carboxylic acids is 5. The summed E-state index contributed by atoms with van der Waals surface area (Å²) < 4.78 is 79.4. The average molecular weight is 1240 g/mol. The number of aromatic nitrogens is 3. The topological polar surface area (TPSA) is 261 Å². The monoisotopic (exact) mass is 1240 g/mol. The van der Waals surface area contributed by atoms with Crippen LogP contribution in [0.25, 0.3) is 10.4 Å². The van der Waals surface area contributed by atoms with E-state index >= 15 is 13.2 Å². The molecule has 3 fully saturated rings. The quantitative estimate of drug-likeness (QED) is 0.0435. The first kappa shape index (κ1) is 66.4. The molecule has 8 rings (SSSR count). The van der Waals surface area contributed by atoms with E-state index in [0.29, 0.717) is 91.6 Å². The molecule has 2 aromatic carbocycles. The van der Waals surface area contributed by atoms with Crippen LogP contribution in [-0.4, -0.2) is 209 Å². The van der Waals surface area contributed by atoms with Crippen LogP contribution in [0, 0.1) is 18.2 Å². The van der Waals surface area contributed by atoms with Gasteiger partial charge in [-0.05, 0) is 55.2 Å². The third-order valence-corrected chi connectivity index (χ3v) is 16.8. The number of nitrogens with one attached hydrogen (secondary N) is 4. The number of aliphatic hydroxyl groups excluding tert-OH is 1. The Morgan fingerprint density at radius 2 is 1.53 bits per heavy atom. The van der Waals surface area contributed by atoms with E-state index in [4.69, 9.17) is 28.4 Å². The number of β-amino-alcohol motifs (C(OH)–C–C–N with tert-alkyl or cyclic N) is 1. The fourth-order valence-electron chi connectivity index (χ4n) is 11.0. The standard InChI is InChI=1S/C60H82F3N11O12S/c1-38-51(87-37-66-38)40-13-11-39(12-14-40)32-64-55(78)47-29-43(75)34-73(47)56(79)52(59(2,3)4)69-50(76)35-86-28-27-85-26-25-84-24-23-83-22-21-82-20-19-72-17-15-41(16-18-72)67-54(77)44-30-49(81-6)46(31-45(44)61)68-58-65-33-48-53(70-58)74(42-9-7-8-10-42)36-60(62,63)57(80)71(48)5/h11-14,30-31,33,37,41-43,47,52,75H,7-10,15-29,32,34-36H2,1-6H3,(H,64,78)(H,67,77)(H,69,76)(H,65,68,70)/t43-,47+,52-/m1/s1. The van der Waals surface area contributed by atoms with Gasteiger partial charge in [0.15, 0.2) is 5.82 Å². The van der Waals surface area contributed by atoms with Crippen LogP contribution in [0.2, 0.25) is 0 Å². The Hall–Kier alpha value is -6.59. The van der Waals surface area contributed by atoms with E-state index in [1.807, 2.05) is 52.0 Å². The van der Waals surface area contributed by atoms with E-state index in [9.17, 15) is 29.1 Å². The molecule has 27 heteroatoms. The molecule has 4 aromatic rings. The summed E-state index contributed by atoms with van der Waals surface area (Å²) in [5.41, 5.74) is 3.99. The van der Waals surface area contributed by atoms with Gasteiger partial charge in [0.05, 0.1) is 113 Å². The van der Waals surface area contributed by atoms with Crippen molar-refractivity contribution >= 4 is 64.0 Å². The van der Waals surface area contributed by atoms with Crippen molar-refractivity contribution < 1.29 is 70.7 Å². The number of halogens is 3. The van der Waals surface area contributed by atoms with E-state index in [-0.39, 0.29) is 91.8 Å². The molecule has 1 saturated carbocycles. The third-order valence-electron chi connectivity index (χ3n) is 15.8. The van der Waals surface area contributed by atoms with Crippen LogP contribution in [0.1, 0.15) is 87.3 Å². The Balaban J connectivity index is 0.638. The third kappa shape index (κ3) is 18.0. The molecule has 5 heterocycles. The summed E-state index contributed by atoms with van der Waals surface area (Å²) in [5.74, 6) is -7.48. The van der Waals surface area contributed by atoms with E-state index in [1.54, 1.807) is 16.8 Å². The number of anilines is 4. The van der Waals surface area contributed by atoms with Gasteiger partial charge in [0.2, 0.25) is 23.7 Å². The molecular formula is C60H82F3N11O12S. The Bertz CT molecular complexity index is 2960. The number of alkyl halides is 2. The minimum Gasteiger partial charge on any atom is -0.495 e. The van der Waals surface area contributed by atoms with E-state index in [2.05, 4.69) is 41.1 Å². The van der Waals surface area contributed by atoms with Gasteiger partial charge in [-0.15, -0.1) is 11.3 Å². The van der Waals surface area contributed by atoms with Crippen molar-refractivity contribution in [1.82, 2.24) is 40.7 Å². The number of ether oxygens (including phenoxy) is 6. The molecule has 1 aliphatic carbocycles. The molecule has 5 amide bonds. The van der Waals surface area contributed by atoms with Crippen LogP contribution >= 0.6 is 11.3 Å². The van der Waals surface area contributed by atoms with Gasteiger partial charge in [-0.25, -0.2) is 14.4 Å². The molecule has 0 unspecified atom stereocenters. The fraction of sp³-hybridized carbons (Fsp3) is 0.600. The number of fused-ring (bicyclic) bond motifs is 1. The highest BCUT2D eigenvalue weighted by Gasteiger charge is 2.49. The highest BCUT2D eigenvalue weighted by Crippen LogP contribution is 2.41. The minimum atomic E-state index is -3.64. The highest BCUT2D eigenvalue weighted by molar-refractivity contribution is 7.13. The number of nitrogens with zero attached hydrogens (tertiary/aromatic N) is 7. The first-order valence-corrected chi connectivity index (χ1v) is 30.5. The second-order valence-electron chi connectivity index (χ2n) is 23.2. The number of aliphatic hydroxyl groups is 1. The van der Waals surface area contributed by atoms with Gasteiger partial charge in [-0.1, -0.05) is 57.9 Å². The van der Waals surface area contributed by atoms with Crippen LogP contribution < -0.4 is 35.8 Å². The zero-order valence-electron chi connectivity index (χ0n) is 50.4. The smallest absolute Gasteiger partial charge is 0.342 e. The lowest BCUT2D eigenvalue weighted by atomic mass is 9.85. The van der Waals surface area contributed by atoms with Crippen LogP contribution in [-0.2, 0) is 49.4 Å². The number of aryl methyl sites for hydroxylation is 1. The molecule has 2 saturated heterocycles. The Morgan fingerprint density at radius 1 is 0.885 bits per heavy atom. The summed E-state index contributed by atoms with van der Waals surface area (Å²) in [6.07, 6.45) is 4.87. The van der Waals surface area contributed by atoms with Crippen LogP contribution in [0.3, 0.4) is 0 Å². The Labute approximate surface area is 509 Å². The van der Waals surface area contributed by atoms with E-state index in [1.165, 1.54) is 36.2 Å². The van der Waals surface area contributed by atoms with Crippen molar-refractivity contribution in [3.8, 4) is 16.2 Å². The lowest BCUT2D eigenvalue weighted by Crippen LogP contribution is -2.58. The number of carbonyl (C=O) groups is 5. The summed E-state index contributed by atoms with van der Waals surface area (Å²) >= 11 is 1.56. The van der Waals surface area contributed by atoms with Crippen molar-refractivity contribution in [3.05, 3.63) is 70.7 Å². The van der Waals surface area contributed by atoms with Crippen molar-refractivity contribution in [2.24, 2.45) is 5.41 Å². The predicted octanol–water partition coefficient (Wildman–Crippen LogP) is 5.25. The van der Waals surface area contributed by atoms with Crippen molar-refractivity contribution in [2.75, 3.05) is 128 Å². The molecule has 476 valence electrons. The molecule has 23 nitrogen and oxygen atoms in total. The van der Waals surface area contributed by atoms with Crippen molar-refractivity contribution in [3.63, 3.8) is 0 Å². The van der Waals surface area contributed by atoms with Gasteiger partial charge in [0.25, 0.3) is 11.8 Å². The second kappa shape index (κ2) is 31.0. The van der Waals surface area contributed by atoms with E-state index < -0.39 is 65.5 Å². The minimum absolute atomic E-state index is 0.0293. The number of hydrogen-bond acceptors (Lipinski definition) is 19. The number of likely N-dealkylation sites (tertiary alicyclic amines) is 2. The molecule has 3 aliphatic heterocycles. The number of benzene rings is 2.